The quantitative estimate of drug-likeness (QED) is 0.240. The lowest BCUT2D eigenvalue weighted by molar-refractivity contribution is 0.0683. The van der Waals surface area contributed by atoms with Crippen LogP contribution in [0.1, 0.15) is 76.9 Å². The summed E-state index contributed by atoms with van der Waals surface area (Å²) in [5.41, 5.74) is 3.69. The average Bonchev–Trinajstić information content (AvgIpc) is 3.32. The zero-order valence-electron chi connectivity index (χ0n) is 21.6. The molecule has 0 fully saturated rings. The lowest BCUT2D eigenvalue weighted by atomic mass is 9.71. The topological polar surface area (TPSA) is 87.6 Å². The van der Waals surface area contributed by atoms with Gasteiger partial charge in [0.15, 0.2) is 11.5 Å². The standard InChI is InChI=1S/C31H28N2O5/c1-18-17-36-26-22-6-7-23-21(5-4-12-31(23,2)3)25(22)28(38-30(35)20-10-15-33-16-11-20)27(24(18)26)37-29(34)19-8-13-32-14-9-19/h6-11,13-16,18H,4-5,12,17H2,1-3H3. The molecule has 2 aliphatic rings. The molecule has 6 rings (SSSR count). The largest absolute Gasteiger partial charge is 0.492 e. The molecule has 0 bridgehead atoms. The molecular weight excluding hydrogens is 480 g/mol. The SMILES string of the molecule is CC1COc2c1c(OC(=O)c1ccncc1)c(OC(=O)c1ccncc1)c1c3c(ccc21)C(C)(C)CCC3. The minimum Gasteiger partial charge on any atom is -0.492 e. The Labute approximate surface area is 220 Å². The molecule has 0 amide bonds. The van der Waals surface area contributed by atoms with Crippen molar-refractivity contribution in [3.8, 4) is 17.2 Å². The third-order valence-electron chi connectivity index (χ3n) is 7.63. The predicted molar refractivity (Wildman–Crippen MR) is 142 cm³/mol. The van der Waals surface area contributed by atoms with Gasteiger partial charge < -0.3 is 14.2 Å². The Kier molecular flexibility index (Phi) is 5.86. The first kappa shape index (κ1) is 24.1. The molecule has 192 valence electrons. The van der Waals surface area contributed by atoms with E-state index in [0.29, 0.717) is 23.5 Å². The lowest BCUT2D eigenvalue weighted by Crippen LogP contribution is -2.24. The summed E-state index contributed by atoms with van der Waals surface area (Å²) in [6, 6.07) is 10.6. The fourth-order valence-electron chi connectivity index (χ4n) is 5.69. The second-order valence-electron chi connectivity index (χ2n) is 10.6. The van der Waals surface area contributed by atoms with Gasteiger partial charge in [-0.3, -0.25) is 9.97 Å². The Morgan fingerprint density at radius 3 is 2.13 bits per heavy atom. The van der Waals surface area contributed by atoms with Crippen LogP contribution in [0.15, 0.2) is 61.2 Å². The molecule has 0 radical (unpaired) electrons. The Balaban J connectivity index is 1.63. The van der Waals surface area contributed by atoms with E-state index in [4.69, 9.17) is 14.2 Å². The van der Waals surface area contributed by atoms with E-state index >= 15 is 0 Å². The molecule has 0 saturated carbocycles. The number of carbonyl (C=O) groups excluding carboxylic acids is 2. The van der Waals surface area contributed by atoms with Crippen LogP contribution in [-0.4, -0.2) is 28.5 Å². The van der Waals surface area contributed by atoms with Gasteiger partial charge in [-0.2, -0.15) is 0 Å². The summed E-state index contributed by atoms with van der Waals surface area (Å²) >= 11 is 0. The molecule has 0 N–H and O–H groups in total. The molecule has 1 atom stereocenters. The summed E-state index contributed by atoms with van der Waals surface area (Å²) in [6.45, 7) is 6.91. The number of fused-ring (bicyclic) bond motifs is 5. The van der Waals surface area contributed by atoms with E-state index in [9.17, 15) is 9.59 Å². The average molecular weight is 509 g/mol. The molecule has 1 aliphatic heterocycles. The molecule has 7 heteroatoms. The maximum atomic E-state index is 13.4. The van der Waals surface area contributed by atoms with E-state index in [1.807, 2.05) is 6.92 Å². The molecule has 2 aromatic heterocycles. The zero-order valence-corrected chi connectivity index (χ0v) is 21.6. The number of benzene rings is 2. The van der Waals surface area contributed by atoms with Crippen molar-refractivity contribution in [1.82, 2.24) is 9.97 Å². The maximum absolute atomic E-state index is 13.4. The van der Waals surface area contributed by atoms with Gasteiger partial charge in [-0.1, -0.05) is 32.9 Å². The van der Waals surface area contributed by atoms with Crippen molar-refractivity contribution in [2.45, 2.75) is 51.4 Å². The van der Waals surface area contributed by atoms with Gasteiger partial charge >= 0.3 is 11.9 Å². The van der Waals surface area contributed by atoms with Gasteiger partial charge in [-0.05, 0) is 60.1 Å². The number of aromatic nitrogens is 2. The van der Waals surface area contributed by atoms with E-state index < -0.39 is 11.9 Å². The molecule has 7 nitrogen and oxygen atoms in total. The Hall–Kier alpha value is -4.26. The summed E-state index contributed by atoms with van der Waals surface area (Å²) in [5, 5.41) is 1.63. The van der Waals surface area contributed by atoms with Crippen molar-refractivity contribution in [2.75, 3.05) is 6.61 Å². The highest BCUT2D eigenvalue weighted by Gasteiger charge is 2.37. The maximum Gasteiger partial charge on any atom is 0.343 e. The van der Waals surface area contributed by atoms with Gasteiger partial charge in [0.2, 0.25) is 0 Å². The first-order chi connectivity index (χ1) is 18.3. The van der Waals surface area contributed by atoms with E-state index in [0.717, 1.165) is 41.2 Å². The van der Waals surface area contributed by atoms with Crippen molar-refractivity contribution in [3.05, 3.63) is 89.0 Å². The number of rotatable bonds is 4. The van der Waals surface area contributed by atoms with Crippen LogP contribution in [0.5, 0.6) is 17.2 Å². The third-order valence-corrected chi connectivity index (χ3v) is 7.63. The number of nitrogens with zero attached hydrogens (tertiary/aromatic N) is 2. The van der Waals surface area contributed by atoms with E-state index in [-0.39, 0.29) is 22.8 Å². The van der Waals surface area contributed by atoms with E-state index in [1.165, 1.54) is 18.0 Å². The van der Waals surface area contributed by atoms with Crippen LogP contribution in [-0.2, 0) is 11.8 Å². The predicted octanol–water partition coefficient (Wildman–Crippen LogP) is 6.18. The van der Waals surface area contributed by atoms with E-state index in [1.54, 1.807) is 36.7 Å². The zero-order chi connectivity index (χ0) is 26.4. The van der Waals surface area contributed by atoms with Crippen molar-refractivity contribution < 1.29 is 23.8 Å². The second kappa shape index (κ2) is 9.24. The first-order valence-corrected chi connectivity index (χ1v) is 12.9. The normalized spacial score (nSPS) is 17.3. The molecule has 0 saturated heterocycles. The smallest absolute Gasteiger partial charge is 0.343 e. The lowest BCUT2D eigenvalue weighted by Gasteiger charge is -2.34. The summed E-state index contributed by atoms with van der Waals surface area (Å²) in [4.78, 5) is 34.7. The van der Waals surface area contributed by atoms with Gasteiger partial charge in [0.25, 0.3) is 0 Å². The van der Waals surface area contributed by atoms with Crippen LogP contribution in [0.25, 0.3) is 10.8 Å². The van der Waals surface area contributed by atoms with Gasteiger partial charge in [0, 0.05) is 47.0 Å². The Morgan fingerprint density at radius 1 is 0.895 bits per heavy atom. The Bertz CT molecular complexity index is 1560. The number of pyridine rings is 2. The van der Waals surface area contributed by atoms with Crippen molar-refractivity contribution in [2.24, 2.45) is 0 Å². The number of ether oxygens (including phenoxy) is 3. The highest BCUT2D eigenvalue weighted by molar-refractivity contribution is 6.05. The van der Waals surface area contributed by atoms with Crippen molar-refractivity contribution in [3.63, 3.8) is 0 Å². The molecule has 1 aliphatic carbocycles. The number of hydrogen-bond acceptors (Lipinski definition) is 7. The molecule has 1 unspecified atom stereocenters. The minimum absolute atomic E-state index is 0.0464. The Morgan fingerprint density at radius 2 is 1.50 bits per heavy atom. The summed E-state index contributed by atoms with van der Waals surface area (Å²) in [6.07, 6.45) is 9.04. The van der Waals surface area contributed by atoms with Crippen LogP contribution in [0.3, 0.4) is 0 Å². The van der Waals surface area contributed by atoms with Crippen molar-refractivity contribution in [1.29, 1.82) is 0 Å². The van der Waals surface area contributed by atoms with Gasteiger partial charge in [-0.15, -0.1) is 0 Å². The highest BCUT2D eigenvalue weighted by atomic mass is 16.6. The summed E-state index contributed by atoms with van der Waals surface area (Å²) in [5.74, 6) is 0.00210. The minimum atomic E-state index is -0.556. The highest BCUT2D eigenvalue weighted by Crippen LogP contribution is 2.55. The van der Waals surface area contributed by atoms with Gasteiger partial charge in [-0.25, -0.2) is 9.59 Å². The van der Waals surface area contributed by atoms with Gasteiger partial charge in [0.1, 0.15) is 5.75 Å². The van der Waals surface area contributed by atoms with Crippen LogP contribution < -0.4 is 14.2 Å². The summed E-state index contributed by atoms with van der Waals surface area (Å²) in [7, 11) is 0. The van der Waals surface area contributed by atoms with Crippen LogP contribution in [0, 0.1) is 0 Å². The molecule has 4 aromatic rings. The monoisotopic (exact) mass is 508 g/mol. The van der Waals surface area contributed by atoms with E-state index in [2.05, 4.69) is 35.9 Å². The fraction of sp³-hybridized carbons (Fsp3) is 0.290. The molecular formula is C31H28N2O5. The van der Waals surface area contributed by atoms with Gasteiger partial charge in [0.05, 0.1) is 17.7 Å². The van der Waals surface area contributed by atoms with Crippen LogP contribution >= 0.6 is 0 Å². The molecule has 0 spiro atoms. The van der Waals surface area contributed by atoms with Crippen molar-refractivity contribution >= 4 is 22.7 Å². The van der Waals surface area contributed by atoms with Crippen LogP contribution in [0.4, 0.5) is 0 Å². The molecule has 3 heterocycles. The second-order valence-corrected chi connectivity index (χ2v) is 10.6. The number of carbonyl (C=O) groups is 2. The van der Waals surface area contributed by atoms with Crippen LogP contribution in [0.2, 0.25) is 0 Å². The first-order valence-electron chi connectivity index (χ1n) is 12.9. The molecule has 38 heavy (non-hydrogen) atoms. The third kappa shape index (κ3) is 3.99. The fourth-order valence-corrected chi connectivity index (χ4v) is 5.69. The number of aryl methyl sites for hydroxylation is 1. The summed E-state index contributed by atoms with van der Waals surface area (Å²) < 4.78 is 18.5. The number of hydrogen-bond donors (Lipinski definition) is 0. The number of esters is 2. The molecule has 2 aromatic carbocycles.